The number of rotatable bonds is 1. The zero-order valence-electron chi connectivity index (χ0n) is 13.0. The highest BCUT2D eigenvalue weighted by atomic mass is 16.2. The predicted octanol–water partition coefficient (Wildman–Crippen LogP) is 1.75. The molecule has 120 valence electrons. The van der Waals surface area contributed by atoms with E-state index in [4.69, 9.17) is 0 Å². The predicted molar refractivity (Wildman–Crippen MR) is 89.2 cm³/mol. The molecule has 24 heavy (non-hydrogen) atoms. The number of carbonyl (C=O) groups excluding carboxylic acids is 2. The van der Waals surface area contributed by atoms with Gasteiger partial charge in [0, 0.05) is 19.3 Å². The van der Waals surface area contributed by atoms with Gasteiger partial charge >= 0.3 is 0 Å². The van der Waals surface area contributed by atoms with Crippen molar-refractivity contribution >= 4 is 11.8 Å². The van der Waals surface area contributed by atoms with Crippen LogP contribution in [0.5, 0.6) is 0 Å². The van der Waals surface area contributed by atoms with Gasteiger partial charge in [-0.2, -0.15) is 0 Å². The van der Waals surface area contributed by atoms with Crippen molar-refractivity contribution in [3.63, 3.8) is 0 Å². The van der Waals surface area contributed by atoms with Gasteiger partial charge in [0.1, 0.15) is 0 Å². The quantitative estimate of drug-likeness (QED) is 0.694. The van der Waals surface area contributed by atoms with Gasteiger partial charge < -0.3 is 0 Å². The normalized spacial score (nSPS) is 12.2. The summed E-state index contributed by atoms with van der Waals surface area (Å²) in [6.07, 6.45) is 1.75. The number of aromatic nitrogens is 2. The lowest BCUT2D eigenvalue weighted by Crippen LogP contribution is -2.19. The second-order valence-corrected chi connectivity index (χ2v) is 5.20. The van der Waals surface area contributed by atoms with Crippen molar-refractivity contribution in [1.29, 1.82) is 0 Å². The van der Waals surface area contributed by atoms with E-state index in [0.717, 1.165) is 5.69 Å². The fourth-order valence-corrected chi connectivity index (χ4v) is 2.46. The lowest BCUT2D eigenvalue weighted by atomic mass is 10.1. The van der Waals surface area contributed by atoms with Gasteiger partial charge in [0.2, 0.25) is 0 Å². The molecule has 0 unspecified atom stereocenters. The maximum atomic E-state index is 11.4. The molecule has 2 amide bonds. The second kappa shape index (κ2) is 6.37. The fraction of sp³-hybridized carbons (Fsp3) is 0.0556. The topological polar surface area (TPSA) is 73.1 Å². The summed E-state index contributed by atoms with van der Waals surface area (Å²) in [4.78, 5) is 33.3. The van der Waals surface area contributed by atoms with Crippen LogP contribution in [0.3, 0.4) is 0 Å². The van der Waals surface area contributed by atoms with Gasteiger partial charge in [-0.3, -0.25) is 24.4 Å². The Morgan fingerprint density at radius 1 is 0.750 bits per heavy atom. The number of carbonyl (C=O) groups is 2. The molecule has 0 spiro atoms. The number of aryl methyl sites for hydroxylation is 1. The highest BCUT2D eigenvalue weighted by molar-refractivity contribution is 6.21. The minimum atomic E-state index is -0.300. The van der Waals surface area contributed by atoms with Crippen LogP contribution in [0.25, 0.3) is 5.69 Å². The van der Waals surface area contributed by atoms with Crippen LogP contribution in [0.1, 0.15) is 20.7 Å². The van der Waals surface area contributed by atoms with E-state index in [9.17, 15) is 14.4 Å². The van der Waals surface area contributed by atoms with Crippen LogP contribution in [0.4, 0.5) is 0 Å². The number of nitrogens with zero attached hydrogens (tertiary/aromatic N) is 2. The fourth-order valence-electron chi connectivity index (χ4n) is 2.46. The first-order chi connectivity index (χ1) is 11.6. The zero-order valence-corrected chi connectivity index (χ0v) is 13.0. The molecule has 0 atom stereocenters. The summed E-state index contributed by atoms with van der Waals surface area (Å²) >= 11 is 0. The minimum Gasteiger partial charge on any atom is -0.288 e. The molecule has 0 aliphatic carbocycles. The summed E-state index contributed by atoms with van der Waals surface area (Å²) in [7, 11) is 1.84. The van der Waals surface area contributed by atoms with Crippen LogP contribution in [0, 0.1) is 0 Å². The van der Waals surface area contributed by atoms with Gasteiger partial charge in [0.25, 0.3) is 17.4 Å². The Morgan fingerprint density at radius 3 is 1.79 bits per heavy atom. The van der Waals surface area contributed by atoms with E-state index in [1.54, 1.807) is 45.9 Å². The van der Waals surface area contributed by atoms with Crippen LogP contribution < -0.4 is 10.9 Å². The summed E-state index contributed by atoms with van der Waals surface area (Å²) < 4.78 is 3.37. The van der Waals surface area contributed by atoms with Crippen molar-refractivity contribution in [1.82, 2.24) is 14.7 Å². The number of fused-ring (bicyclic) bond motifs is 1. The monoisotopic (exact) mass is 321 g/mol. The molecule has 0 saturated carbocycles. The molecule has 2 aromatic carbocycles. The number of benzene rings is 2. The summed E-state index contributed by atoms with van der Waals surface area (Å²) in [5, 5.41) is 2.20. The second-order valence-electron chi connectivity index (χ2n) is 5.20. The van der Waals surface area contributed by atoms with Crippen molar-refractivity contribution in [2.24, 2.45) is 7.05 Å². The highest BCUT2D eigenvalue weighted by Crippen LogP contribution is 2.13. The molecule has 0 saturated heterocycles. The van der Waals surface area contributed by atoms with Crippen molar-refractivity contribution in [2.45, 2.75) is 0 Å². The van der Waals surface area contributed by atoms with E-state index in [2.05, 4.69) is 5.32 Å². The van der Waals surface area contributed by atoms with Crippen molar-refractivity contribution in [3.05, 3.63) is 88.3 Å². The van der Waals surface area contributed by atoms with Crippen molar-refractivity contribution in [2.75, 3.05) is 0 Å². The molecule has 0 bridgehead atoms. The number of nitrogens with one attached hydrogen (secondary N) is 1. The first-order valence-electron chi connectivity index (χ1n) is 7.33. The van der Waals surface area contributed by atoms with E-state index in [-0.39, 0.29) is 17.4 Å². The Bertz CT molecular complexity index is 922. The van der Waals surface area contributed by atoms with E-state index < -0.39 is 0 Å². The summed E-state index contributed by atoms with van der Waals surface area (Å²) in [5.41, 5.74) is 1.82. The van der Waals surface area contributed by atoms with E-state index in [0.29, 0.717) is 11.1 Å². The maximum absolute atomic E-state index is 11.4. The molecule has 1 aliphatic rings. The van der Waals surface area contributed by atoms with Crippen molar-refractivity contribution < 1.29 is 9.59 Å². The Labute approximate surface area is 137 Å². The maximum Gasteiger partial charge on any atom is 0.271 e. The summed E-state index contributed by atoms with van der Waals surface area (Å²) in [5.74, 6) is -0.601. The summed E-state index contributed by atoms with van der Waals surface area (Å²) in [6, 6.07) is 17.8. The van der Waals surface area contributed by atoms with Gasteiger partial charge in [-0.25, -0.2) is 4.68 Å². The van der Waals surface area contributed by atoms with Crippen LogP contribution >= 0.6 is 0 Å². The number of hydrogen-bond donors (Lipinski definition) is 1. The highest BCUT2D eigenvalue weighted by Gasteiger charge is 2.25. The zero-order chi connectivity index (χ0) is 17.1. The Hall–Kier alpha value is -3.41. The van der Waals surface area contributed by atoms with Crippen LogP contribution in [-0.4, -0.2) is 21.2 Å². The van der Waals surface area contributed by atoms with Gasteiger partial charge in [-0.05, 0) is 24.3 Å². The SMILES string of the molecule is Cn1ccc(=O)n1-c1ccccc1.O=C1NC(=O)c2ccccc21. The molecular formula is C18H15N3O3. The molecule has 3 aromatic rings. The largest absolute Gasteiger partial charge is 0.288 e. The van der Waals surface area contributed by atoms with E-state index in [1.807, 2.05) is 37.4 Å². The van der Waals surface area contributed by atoms with Gasteiger partial charge in [-0.1, -0.05) is 30.3 Å². The lowest BCUT2D eigenvalue weighted by Gasteiger charge is -2.05. The van der Waals surface area contributed by atoms with Crippen LogP contribution in [-0.2, 0) is 7.05 Å². The summed E-state index contributed by atoms with van der Waals surface area (Å²) in [6.45, 7) is 0. The number of para-hydroxylation sites is 1. The molecular weight excluding hydrogens is 306 g/mol. The third-order valence-corrected chi connectivity index (χ3v) is 3.60. The number of hydrogen-bond acceptors (Lipinski definition) is 3. The smallest absolute Gasteiger partial charge is 0.271 e. The average Bonchev–Trinajstić information content (AvgIpc) is 3.09. The van der Waals surface area contributed by atoms with Crippen LogP contribution in [0.2, 0.25) is 0 Å². The van der Waals surface area contributed by atoms with Gasteiger partial charge in [0.15, 0.2) is 0 Å². The molecule has 0 radical (unpaired) electrons. The standard InChI is InChI=1S/C10H10N2O.C8H5NO2/c1-11-8-7-10(13)12(11)9-5-3-2-4-6-9;10-7-5-3-1-2-4-6(5)8(11)9-7/h2-8H,1H3;1-4H,(H,9,10,11). The first-order valence-corrected chi connectivity index (χ1v) is 7.33. The third kappa shape index (κ3) is 2.89. The third-order valence-electron chi connectivity index (χ3n) is 3.60. The first kappa shape index (κ1) is 15.5. The minimum absolute atomic E-state index is 0.00583. The molecule has 2 heterocycles. The molecule has 6 nitrogen and oxygen atoms in total. The molecule has 1 aliphatic heterocycles. The van der Waals surface area contributed by atoms with Crippen LogP contribution in [0.15, 0.2) is 71.7 Å². The van der Waals surface area contributed by atoms with E-state index in [1.165, 1.54) is 0 Å². The molecule has 6 heteroatoms. The number of amides is 2. The van der Waals surface area contributed by atoms with Crippen molar-refractivity contribution in [3.8, 4) is 5.69 Å². The Balaban J connectivity index is 0.000000143. The lowest BCUT2D eigenvalue weighted by molar-refractivity contribution is 0.0879. The van der Waals surface area contributed by atoms with E-state index >= 15 is 0 Å². The molecule has 1 N–H and O–H groups in total. The molecule has 4 rings (SSSR count). The molecule has 0 fully saturated rings. The Morgan fingerprint density at radius 2 is 1.29 bits per heavy atom. The van der Waals surface area contributed by atoms with Gasteiger partial charge in [-0.15, -0.1) is 0 Å². The van der Waals surface area contributed by atoms with Gasteiger partial charge in [0.05, 0.1) is 16.8 Å². The Kier molecular flexibility index (Phi) is 4.11. The number of imide groups is 1. The average molecular weight is 321 g/mol. The molecule has 1 aromatic heterocycles.